The highest BCUT2D eigenvalue weighted by atomic mass is 35.5. The number of anilines is 1. The number of hydrogen-bond acceptors (Lipinski definition) is 3. The van der Waals surface area contributed by atoms with Gasteiger partial charge in [-0.3, -0.25) is 4.79 Å². The van der Waals surface area contributed by atoms with E-state index < -0.39 is 0 Å². The van der Waals surface area contributed by atoms with Crippen LogP contribution in [0.2, 0.25) is 5.02 Å². The Hall–Kier alpha value is -2.20. The summed E-state index contributed by atoms with van der Waals surface area (Å²) in [5, 5.41) is 0.780. The second-order valence-electron chi connectivity index (χ2n) is 10.7. The van der Waals surface area contributed by atoms with Gasteiger partial charge in [0.1, 0.15) is 5.75 Å². The molecule has 0 radical (unpaired) electrons. The van der Waals surface area contributed by atoms with Crippen molar-refractivity contribution in [1.82, 2.24) is 4.90 Å². The Labute approximate surface area is 201 Å². The maximum Gasteiger partial charge on any atom is 0.223 e. The van der Waals surface area contributed by atoms with Crippen molar-refractivity contribution < 1.29 is 9.53 Å². The number of ether oxygens (including phenoxy) is 1. The summed E-state index contributed by atoms with van der Waals surface area (Å²) in [5.41, 5.74) is 2.56. The van der Waals surface area contributed by atoms with E-state index in [2.05, 4.69) is 34.1 Å². The lowest BCUT2D eigenvalue weighted by molar-refractivity contribution is -0.134. The first-order valence-electron chi connectivity index (χ1n) is 12.5. The van der Waals surface area contributed by atoms with Crippen LogP contribution in [0, 0.1) is 23.7 Å². The van der Waals surface area contributed by atoms with Gasteiger partial charge in [-0.25, -0.2) is 0 Å². The molecule has 5 atom stereocenters. The Bertz CT molecular complexity index is 1010. The number of carbonyl (C=O) groups is 1. The van der Waals surface area contributed by atoms with Gasteiger partial charge >= 0.3 is 0 Å². The van der Waals surface area contributed by atoms with Crippen LogP contribution in [0.3, 0.4) is 0 Å². The van der Waals surface area contributed by atoms with Gasteiger partial charge in [-0.1, -0.05) is 23.7 Å². The molecule has 1 aliphatic heterocycles. The molecule has 174 valence electrons. The standard InChI is InChI=1S/C28H33ClN2O2/c1-33-25-8-6-24(7-9-25)30-10-12-31(13-11-30)27(32)18-28(21-2-4-23(29)5-3-21)22-15-19-14-20(17-22)26(28)16-19/h2-9,19-20,22,26H,10-18H2,1H3. The number of hydrogen-bond donors (Lipinski definition) is 0. The molecule has 0 aromatic heterocycles. The van der Waals surface area contributed by atoms with E-state index in [1.807, 2.05) is 24.3 Å². The fourth-order valence-electron chi connectivity index (χ4n) is 7.87. The topological polar surface area (TPSA) is 32.8 Å². The Morgan fingerprint density at radius 1 is 0.970 bits per heavy atom. The summed E-state index contributed by atoms with van der Waals surface area (Å²) in [6.07, 6.45) is 5.96. The summed E-state index contributed by atoms with van der Waals surface area (Å²) in [6.45, 7) is 3.35. The normalized spacial score (nSPS) is 32.4. The van der Waals surface area contributed by atoms with E-state index in [0.29, 0.717) is 24.2 Å². The zero-order chi connectivity index (χ0) is 22.6. The molecule has 2 aromatic carbocycles. The van der Waals surface area contributed by atoms with Crippen molar-refractivity contribution in [2.24, 2.45) is 23.7 Å². The maximum absolute atomic E-state index is 13.7. The summed E-state index contributed by atoms with van der Waals surface area (Å²) in [4.78, 5) is 18.2. The summed E-state index contributed by atoms with van der Waals surface area (Å²) in [5.74, 6) is 4.22. The highest BCUT2D eigenvalue weighted by Gasteiger charge is 2.63. The van der Waals surface area contributed by atoms with E-state index in [1.54, 1.807) is 7.11 Å². The molecule has 1 amide bonds. The first kappa shape index (κ1) is 21.3. The van der Waals surface area contributed by atoms with Gasteiger partial charge in [-0.05, 0) is 91.3 Å². The summed E-state index contributed by atoms with van der Waals surface area (Å²) in [6, 6.07) is 16.7. The van der Waals surface area contributed by atoms with Gasteiger partial charge in [-0.15, -0.1) is 0 Å². The first-order valence-corrected chi connectivity index (χ1v) is 12.9. The van der Waals surface area contributed by atoms with Crippen molar-refractivity contribution in [2.75, 3.05) is 38.2 Å². The van der Waals surface area contributed by atoms with Gasteiger partial charge < -0.3 is 14.5 Å². The van der Waals surface area contributed by atoms with Gasteiger partial charge in [0.2, 0.25) is 5.91 Å². The summed E-state index contributed by atoms with van der Waals surface area (Å²) >= 11 is 6.24. The molecule has 1 saturated heterocycles. The number of rotatable bonds is 5. The minimum absolute atomic E-state index is 0.00641. The summed E-state index contributed by atoms with van der Waals surface area (Å²) in [7, 11) is 1.69. The minimum Gasteiger partial charge on any atom is -0.497 e. The molecule has 4 saturated carbocycles. The Morgan fingerprint density at radius 3 is 2.36 bits per heavy atom. The van der Waals surface area contributed by atoms with Crippen molar-refractivity contribution in [3.05, 3.63) is 59.1 Å². The molecule has 1 heterocycles. The van der Waals surface area contributed by atoms with Crippen molar-refractivity contribution in [2.45, 2.75) is 37.5 Å². The molecule has 2 aromatic rings. The van der Waals surface area contributed by atoms with Crippen LogP contribution in [0.4, 0.5) is 5.69 Å². The Morgan fingerprint density at radius 2 is 1.70 bits per heavy atom. The smallest absolute Gasteiger partial charge is 0.223 e. The predicted molar refractivity (Wildman–Crippen MR) is 132 cm³/mol. The van der Waals surface area contributed by atoms with E-state index in [4.69, 9.17) is 16.3 Å². The minimum atomic E-state index is 0.00641. The number of piperazine rings is 1. The number of nitrogens with zero attached hydrogens (tertiary/aromatic N) is 2. The van der Waals surface area contributed by atoms with E-state index in [-0.39, 0.29) is 5.41 Å². The van der Waals surface area contributed by atoms with Gasteiger partial charge in [-0.2, -0.15) is 0 Å². The molecule has 5 unspecified atom stereocenters. The highest BCUT2D eigenvalue weighted by Crippen LogP contribution is 2.68. The van der Waals surface area contributed by atoms with E-state index >= 15 is 0 Å². The van der Waals surface area contributed by atoms with Crippen LogP contribution in [0.15, 0.2) is 48.5 Å². The van der Waals surface area contributed by atoms with Crippen LogP contribution < -0.4 is 9.64 Å². The molecule has 4 bridgehead atoms. The van der Waals surface area contributed by atoms with Crippen LogP contribution in [0.1, 0.15) is 37.7 Å². The number of amides is 1. The first-order chi connectivity index (χ1) is 16.1. The number of halogens is 1. The van der Waals surface area contributed by atoms with Crippen molar-refractivity contribution in [3.63, 3.8) is 0 Å². The molecule has 0 spiro atoms. The third kappa shape index (κ3) is 3.53. The molecule has 7 rings (SSSR count). The average molecular weight is 465 g/mol. The SMILES string of the molecule is COc1ccc(N2CCN(C(=O)CC3(c4ccc(Cl)cc4)C4CC5CC(C4)C3C5)CC2)cc1. The van der Waals surface area contributed by atoms with Crippen LogP contribution in [0.5, 0.6) is 5.75 Å². The van der Waals surface area contributed by atoms with Gasteiger partial charge in [0, 0.05) is 48.7 Å². The van der Waals surface area contributed by atoms with Gasteiger partial charge in [0.25, 0.3) is 0 Å². The molecule has 4 aliphatic carbocycles. The fraction of sp³-hybridized carbons (Fsp3) is 0.536. The quantitative estimate of drug-likeness (QED) is 0.594. The highest BCUT2D eigenvalue weighted by molar-refractivity contribution is 6.30. The van der Waals surface area contributed by atoms with E-state index in [9.17, 15) is 4.79 Å². The zero-order valence-corrected chi connectivity index (χ0v) is 20.1. The molecule has 5 heteroatoms. The lowest BCUT2D eigenvalue weighted by atomic mass is 9.59. The van der Waals surface area contributed by atoms with Crippen molar-refractivity contribution in [3.8, 4) is 5.75 Å². The monoisotopic (exact) mass is 464 g/mol. The largest absolute Gasteiger partial charge is 0.497 e. The molecular formula is C28H33ClN2O2. The fourth-order valence-corrected chi connectivity index (χ4v) is 7.99. The second kappa shape index (κ2) is 8.23. The van der Waals surface area contributed by atoms with Crippen molar-refractivity contribution in [1.29, 1.82) is 0 Å². The van der Waals surface area contributed by atoms with Crippen LogP contribution in [0.25, 0.3) is 0 Å². The number of carbonyl (C=O) groups excluding carboxylic acids is 1. The molecule has 33 heavy (non-hydrogen) atoms. The van der Waals surface area contributed by atoms with E-state index in [0.717, 1.165) is 48.8 Å². The Kier molecular flexibility index (Phi) is 5.32. The molecule has 4 nitrogen and oxygen atoms in total. The molecule has 5 aliphatic rings. The van der Waals surface area contributed by atoms with Gasteiger partial charge in [0.15, 0.2) is 0 Å². The van der Waals surface area contributed by atoms with Crippen LogP contribution in [-0.2, 0) is 10.2 Å². The Balaban J connectivity index is 1.19. The maximum atomic E-state index is 13.7. The molecule has 0 N–H and O–H groups in total. The third-order valence-electron chi connectivity index (χ3n) is 9.28. The van der Waals surface area contributed by atoms with E-state index in [1.165, 1.54) is 36.9 Å². The average Bonchev–Trinajstić information content (AvgIpc) is 3.26. The number of benzene rings is 2. The lowest BCUT2D eigenvalue weighted by Gasteiger charge is -2.46. The van der Waals surface area contributed by atoms with Crippen LogP contribution in [-0.4, -0.2) is 44.1 Å². The lowest BCUT2D eigenvalue weighted by Crippen LogP contribution is -2.52. The number of methoxy groups -OCH3 is 1. The van der Waals surface area contributed by atoms with Crippen LogP contribution >= 0.6 is 11.6 Å². The third-order valence-corrected chi connectivity index (χ3v) is 9.54. The second-order valence-corrected chi connectivity index (χ2v) is 11.1. The molecular weight excluding hydrogens is 432 g/mol. The summed E-state index contributed by atoms with van der Waals surface area (Å²) < 4.78 is 5.28. The van der Waals surface area contributed by atoms with Gasteiger partial charge in [0.05, 0.1) is 7.11 Å². The zero-order valence-electron chi connectivity index (χ0n) is 19.4. The molecule has 5 fully saturated rings. The van der Waals surface area contributed by atoms with Crippen molar-refractivity contribution >= 4 is 23.2 Å². The predicted octanol–water partition coefficient (Wildman–Crippen LogP) is 5.39.